The quantitative estimate of drug-likeness (QED) is 0.637. The zero-order chi connectivity index (χ0) is 23.4. The number of nitrogens with one attached hydrogen (secondary N) is 1. The highest BCUT2D eigenvalue weighted by Crippen LogP contribution is 2.25. The summed E-state index contributed by atoms with van der Waals surface area (Å²) >= 11 is 0. The summed E-state index contributed by atoms with van der Waals surface area (Å²) < 4.78 is 39.9. The lowest BCUT2D eigenvalue weighted by atomic mass is 10.1. The summed E-state index contributed by atoms with van der Waals surface area (Å²) in [6.45, 7) is 1.96. The van der Waals surface area contributed by atoms with Crippen molar-refractivity contribution in [2.24, 2.45) is 5.92 Å². The zero-order valence-corrected chi connectivity index (χ0v) is 18.9. The first-order chi connectivity index (χ1) is 15.8. The van der Waals surface area contributed by atoms with Gasteiger partial charge in [0.15, 0.2) is 0 Å². The first kappa shape index (κ1) is 23.1. The summed E-state index contributed by atoms with van der Waals surface area (Å²) in [5.74, 6) is -0.942. The van der Waals surface area contributed by atoms with Gasteiger partial charge in [0.25, 0.3) is 0 Å². The molecule has 0 spiro atoms. The fourth-order valence-electron chi connectivity index (χ4n) is 4.07. The molecule has 0 aliphatic carbocycles. The minimum absolute atomic E-state index is 0.0249. The number of hydrogen-bond acceptors (Lipinski definition) is 6. The van der Waals surface area contributed by atoms with Gasteiger partial charge in [0.2, 0.25) is 21.8 Å². The molecule has 2 aromatic rings. The van der Waals surface area contributed by atoms with Gasteiger partial charge < -0.3 is 15.1 Å². The smallest absolute Gasteiger partial charge is 0.227 e. The highest BCUT2D eigenvalue weighted by molar-refractivity contribution is 7.89. The number of hydrogen-bond donors (Lipinski definition) is 1. The Morgan fingerprint density at radius 2 is 1.82 bits per heavy atom. The van der Waals surface area contributed by atoms with Crippen LogP contribution in [0.1, 0.15) is 6.42 Å². The van der Waals surface area contributed by atoms with Crippen molar-refractivity contribution < 1.29 is 22.4 Å². The van der Waals surface area contributed by atoms with Crippen LogP contribution in [0.4, 0.5) is 15.9 Å². The van der Waals surface area contributed by atoms with Crippen LogP contribution in [0.3, 0.4) is 0 Å². The Bertz CT molecular complexity index is 1090. The Hall–Kier alpha value is -3.05. The van der Waals surface area contributed by atoms with Crippen molar-refractivity contribution >= 4 is 33.3 Å². The van der Waals surface area contributed by atoms with E-state index >= 15 is 0 Å². The maximum atomic E-state index is 13.1. The van der Waals surface area contributed by atoms with Crippen LogP contribution < -0.4 is 15.1 Å². The number of carbonyl (C=O) groups excluding carboxylic acids is 2. The Balaban J connectivity index is 1.24. The predicted molar refractivity (Wildman–Crippen MR) is 122 cm³/mol. The van der Waals surface area contributed by atoms with Crippen LogP contribution in [0, 0.1) is 11.7 Å². The van der Waals surface area contributed by atoms with E-state index in [0.29, 0.717) is 31.9 Å². The molecule has 9 nitrogen and oxygen atoms in total. The summed E-state index contributed by atoms with van der Waals surface area (Å²) in [7, 11) is -3.52. The van der Waals surface area contributed by atoms with Gasteiger partial charge in [-0.2, -0.15) is 4.31 Å². The van der Waals surface area contributed by atoms with Crippen molar-refractivity contribution in [2.75, 3.05) is 54.8 Å². The Morgan fingerprint density at radius 3 is 2.48 bits per heavy atom. The summed E-state index contributed by atoms with van der Waals surface area (Å²) in [5, 5.41) is 2.65. The fourth-order valence-corrected chi connectivity index (χ4v) is 5.40. The number of piperazine rings is 1. The van der Waals surface area contributed by atoms with E-state index < -0.39 is 21.8 Å². The van der Waals surface area contributed by atoms with Crippen LogP contribution in [0.25, 0.3) is 0 Å². The van der Waals surface area contributed by atoms with Gasteiger partial charge >= 0.3 is 0 Å². The minimum Gasteiger partial charge on any atom is -0.355 e. The number of rotatable bonds is 7. The molecule has 1 aromatic heterocycles. The molecule has 3 heterocycles. The van der Waals surface area contributed by atoms with E-state index in [1.54, 1.807) is 6.20 Å². The lowest BCUT2D eigenvalue weighted by molar-refractivity contribution is -0.126. The molecule has 4 rings (SSSR count). The maximum absolute atomic E-state index is 13.1. The molecule has 1 N–H and O–H groups in total. The molecule has 2 aliphatic rings. The van der Waals surface area contributed by atoms with E-state index in [-0.39, 0.29) is 37.1 Å². The molecule has 11 heteroatoms. The van der Waals surface area contributed by atoms with Crippen molar-refractivity contribution in [1.29, 1.82) is 0 Å². The number of anilines is 2. The van der Waals surface area contributed by atoms with Gasteiger partial charge in [-0.3, -0.25) is 9.59 Å². The molecule has 0 saturated carbocycles. The van der Waals surface area contributed by atoms with E-state index in [2.05, 4.69) is 10.3 Å². The number of sulfonamides is 1. The number of benzene rings is 1. The monoisotopic (exact) mass is 475 g/mol. The third-order valence-corrected chi connectivity index (χ3v) is 7.77. The average Bonchev–Trinajstić information content (AvgIpc) is 3.22. The van der Waals surface area contributed by atoms with Gasteiger partial charge in [-0.1, -0.05) is 6.07 Å². The zero-order valence-electron chi connectivity index (χ0n) is 18.1. The van der Waals surface area contributed by atoms with E-state index in [1.807, 2.05) is 23.1 Å². The SMILES string of the molecule is O=C(NCCS(=O)(=O)N1CCN(c2ccccn2)CC1)C1CC(=O)N(c2ccc(F)cc2)C1. The van der Waals surface area contributed by atoms with Gasteiger partial charge in [-0.15, -0.1) is 0 Å². The van der Waals surface area contributed by atoms with E-state index in [1.165, 1.54) is 33.5 Å². The molecule has 1 aromatic carbocycles. The molecule has 2 saturated heterocycles. The number of nitrogens with zero attached hydrogens (tertiary/aromatic N) is 4. The van der Waals surface area contributed by atoms with E-state index in [4.69, 9.17) is 0 Å². The van der Waals surface area contributed by atoms with Crippen molar-refractivity contribution in [2.45, 2.75) is 6.42 Å². The molecular formula is C22H26FN5O4S. The normalized spacial score (nSPS) is 19.7. The molecule has 0 radical (unpaired) electrons. The highest BCUT2D eigenvalue weighted by atomic mass is 32.2. The Morgan fingerprint density at radius 1 is 1.09 bits per heavy atom. The standard InChI is InChI=1S/C22H26FN5O4S/c23-18-4-6-19(7-5-18)28-16-17(15-21(28)29)22(30)25-9-14-33(31,32)27-12-10-26(11-13-27)20-3-1-2-8-24-20/h1-8,17H,9-16H2,(H,25,30). The van der Waals surface area contributed by atoms with Gasteiger partial charge in [0.1, 0.15) is 11.6 Å². The predicted octanol–water partition coefficient (Wildman–Crippen LogP) is 0.842. The van der Waals surface area contributed by atoms with Crippen LogP contribution in [0.5, 0.6) is 0 Å². The number of pyridine rings is 1. The summed E-state index contributed by atoms with van der Waals surface area (Å²) in [4.78, 5) is 32.6. The summed E-state index contributed by atoms with van der Waals surface area (Å²) in [5.41, 5.74) is 0.532. The maximum Gasteiger partial charge on any atom is 0.227 e. The van der Waals surface area contributed by atoms with E-state index in [9.17, 15) is 22.4 Å². The lowest BCUT2D eigenvalue weighted by Crippen LogP contribution is -2.50. The number of amides is 2. The molecule has 176 valence electrons. The van der Waals surface area contributed by atoms with E-state index in [0.717, 1.165) is 5.82 Å². The van der Waals surface area contributed by atoms with Crippen LogP contribution in [0.2, 0.25) is 0 Å². The molecular weight excluding hydrogens is 449 g/mol. The molecule has 2 fully saturated rings. The molecule has 2 aliphatic heterocycles. The van der Waals surface area contributed by atoms with Crippen molar-refractivity contribution in [1.82, 2.24) is 14.6 Å². The second-order valence-corrected chi connectivity index (χ2v) is 10.2. The largest absolute Gasteiger partial charge is 0.355 e. The second-order valence-electron chi connectivity index (χ2n) is 8.06. The Labute approximate surface area is 192 Å². The first-order valence-electron chi connectivity index (χ1n) is 10.8. The van der Waals surface area contributed by atoms with Crippen LogP contribution >= 0.6 is 0 Å². The van der Waals surface area contributed by atoms with Gasteiger partial charge in [0, 0.05) is 57.6 Å². The molecule has 0 bridgehead atoms. The van der Waals surface area contributed by atoms with Crippen LogP contribution in [-0.2, 0) is 19.6 Å². The van der Waals surface area contributed by atoms with Gasteiger partial charge in [-0.25, -0.2) is 17.8 Å². The van der Waals surface area contributed by atoms with Crippen molar-refractivity contribution in [3.05, 3.63) is 54.5 Å². The second kappa shape index (κ2) is 9.84. The summed E-state index contributed by atoms with van der Waals surface area (Å²) in [6.07, 6.45) is 1.74. The number of carbonyl (C=O) groups is 2. The van der Waals surface area contributed by atoms with Gasteiger partial charge in [0.05, 0.1) is 11.7 Å². The third kappa shape index (κ3) is 5.48. The summed E-state index contributed by atoms with van der Waals surface area (Å²) in [6, 6.07) is 11.1. The van der Waals surface area contributed by atoms with Crippen molar-refractivity contribution in [3.63, 3.8) is 0 Å². The number of halogens is 1. The third-order valence-electron chi connectivity index (χ3n) is 5.90. The highest BCUT2D eigenvalue weighted by Gasteiger charge is 2.35. The van der Waals surface area contributed by atoms with Crippen LogP contribution in [-0.4, -0.2) is 74.5 Å². The molecule has 33 heavy (non-hydrogen) atoms. The first-order valence-corrected chi connectivity index (χ1v) is 12.4. The molecule has 1 atom stereocenters. The lowest BCUT2D eigenvalue weighted by Gasteiger charge is -2.34. The molecule has 1 unspecified atom stereocenters. The molecule has 2 amide bonds. The van der Waals surface area contributed by atoms with Crippen molar-refractivity contribution in [3.8, 4) is 0 Å². The average molecular weight is 476 g/mol. The Kier molecular flexibility index (Phi) is 6.89. The fraction of sp³-hybridized carbons (Fsp3) is 0.409. The minimum atomic E-state index is -3.52. The number of aromatic nitrogens is 1. The topological polar surface area (TPSA) is 103 Å². The van der Waals surface area contributed by atoms with Crippen LogP contribution in [0.15, 0.2) is 48.7 Å². The van der Waals surface area contributed by atoms with Gasteiger partial charge in [-0.05, 0) is 36.4 Å².